The van der Waals surface area contributed by atoms with Crippen LogP contribution in [-0.4, -0.2) is 20.9 Å². The molecule has 0 fully saturated rings. The second-order valence-electron chi connectivity index (χ2n) is 3.67. The standard InChI is InChI=1S/C11H9BrFN3O2/c12-7-1-2-8(13)6(3-7)4-16-5-9(14)10(15-16)11(17)18/h1-3,5H,4,14H2,(H,17,18). The Labute approximate surface area is 110 Å². The number of halogens is 2. The van der Waals surface area contributed by atoms with Gasteiger partial charge < -0.3 is 10.8 Å². The molecule has 0 aliphatic heterocycles. The normalized spacial score (nSPS) is 10.6. The third kappa shape index (κ3) is 2.51. The number of anilines is 1. The lowest BCUT2D eigenvalue weighted by molar-refractivity contribution is 0.0690. The van der Waals surface area contributed by atoms with Crippen molar-refractivity contribution in [3.05, 3.63) is 45.9 Å². The van der Waals surface area contributed by atoms with E-state index in [4.69, 9.17) is 10.8 Å². The van der Waals surface area contributed by atoms with Gasteiger partial charge in [0.25, 0.3) is 0 Å². The maximum atomic E-state index is 13.5. The van der Waals surface area contributed by atoms with Crippen molar-refractivity contribution >= 4 is 27.6 Å². The van der Waals surface area contributed by atoms with Crippen molar-refractivity contribution in [2.45, 2.75) is 6.54 Å². The molecule has 0 bridgehead atoms. The highest BCUT2D eigenvalue weighted by molar-refractivity contribution is 9.10. The van der Waals surface area contributed by atoms with E-state index in [0.29, 0.717) is 5.56 Å². The Morgan fingerprint density at radius 3 is 2.89 bits per heavy atom. The Kier molecular flexibility index (Phi) is 3.33. The van der Waals surface area contributed by atoms with Crippen molar-refractivity contribution in [2.24, 2.45) is 0 Å². The number of nitrogens with two attached hydrogens (primary N) is 1. The summed E-state index contributed by atoms with van der Waals surface area (Å²) >= 11 is 3.24. The summed E-state index contributed by atoms with van der Waals surface area (Å²) < 4.78 is 15.5. The number of hydrogen-bond donors (Lipinski definition) is 2. The van der Waals surface area contributed by atoms with E-state index in [0.717, 1.165) is 4.47 Å². The van der Waals surface area contributed by atoms with E-state index in [2.05, 4.69) is 21.0 Å². The minimum Gasteiger partial charge on any atom is -0.476 e. The molecule has 5 nitrogen and oxygen atoms in total. The van der Waals surface area contributed by atoms with Crippen molar-refractivity contribution in [3.8, 4) is 0 Å². The summed E-state index contributed by atoms with van der Waals surface area (Å²) in [5.74, 6) is -1.59. The number of hydrogen-bond acceptors (Lipinski definition) is 3. The molecule has 2 rings (SSSR count). The summed E-state index contributed by atoms with van der Waals surface area (Å²) in [6.07, 6.45) is 1.36. The van der Waals surface area contributed by atoms with E-state index < -0.39 is 5.97 Å². The molecule has 18 heavy (non-hydrogen) atoms. The molecule has 0 spiro atoms. The number of rotatable bonds is 3. The molecule has 3 N–H and O–H groups in total. The van der Waals surface area contributed by atoms with Crippen LogP contribution in [0.25, 0.3) is 0 Å². The van der Waals surface area contributed by atoms with Crippen molar-refractivity contribution in [1.29, 1.82) is 0 Å². The van der Waals surface area contributed by atoms with Gasteiger partial charge in [-0.3, -0.25) is 4.68 Å². The number of carbonyl (C=O) groups is 1. The van der Waals surface area contributed by atoms with Gasteiger partial charge in [-0.05, 0) is 18.2 Å². The fourth-order valence-electron chi connectivity index (χ4n) is 1.52. The van der Waals surface area contributed by atoms with Crippen LogP contribution in [0.3, 0.4) is 0 Å². The summed E-state index contributed by atoms with van der Waals surface area (Å²) in [7, 11) is 0. The summed E-state index contributed by atoms with van der Waals surface area (Å²) in [6.45, 7) is 0.114. The zero-order valence-electron chi connectivity index (χ0n) is 9.10. The highest BCUT2D eigenvalue weighted by Gasteiger charge is 2.14. The molecule has 1 heterocycles. The summed E-state index contributed by atoms with van der Waals surface area (Å²) in [4.78, 5) is 10.8. The fourth-order valence-corrected chi connectivity index (χ4v) is 1.93. The van der Waals surface area contributed by atoms with Gasteiger partial charge in [0.05, 0.1) is 12.2 Å². The van der Waals surface area contributed by atoms with Gasteiger partial charge in [-0.1, -0.05) is 15.9 Å². The fraction of sp³-hybridized carbons (Fsp3) is 0.0909. The molecule has 1 aromatic heterocycles. The van der Waals surface area contributed by atoms with Crippen molar-refractivity contribution in [1.82, 2.24) is 9.78 Å². The lowest BCUT2D eigenvalue weighted by Crippen LogP contribution is -2.05. The number of nitrogen functional groups attached to an aromatic ring is 1. The first-order chi connectivity index (χ1) is 8.47. The lowest BCUT2D eigenvalue weighted by atomic mass is 10.2. The van der Waals surface area contributed by atoms with Crippen LogP contribution in [0.2, 0.25) is 0 Å². The summed E-state index contributed by atoms with van der Waals surface area (Å²) in [5, 5.41) is 12.6. The first kappa shape index (κ1) is 12.6. The molecule has 0 aliphatic carbocycles. The Morgan fingerprint density at radius 2 is 2.28 bits per heavy atom. The zero-order valence-corrected chi connectivity index (χ0v) is 10.7. The second-order valence-corrected chi connectivity index (χ2v) is 4.59. The Bertz CT molecular complexity index is 612. The monoisotopic (exact) mass is 313 g/mol. The van der Waals surface area contributed by atoms with E-state index in [-0.39, 0.29) is 23.7 Å². The molecule has 0 amide bonds. The summed E-state index contributed by atoms with van der Waals surface area (Å²) in [5.41, 5.74) is 5.71. The zero-order chi connectivity index (χ0) is 13.3. The number of aromatic nitrogens is 2. The highest BCUT2D eigenvalue weighted by atomic mass is 79.9. The Hall–Kier alpha value is -1.89. The van der Waals surface area contributed by atoms with E-state index in [1.54, 1.807) is 12.1 Å². The van der Waals surface area contributed by atoms with E-state index in [1.165, 1.54) is 16.9 Å². The van der Waals surface area contributed by atoms with E-state index in [9.17, 15) is 9.18 Å². The van der Waals surface area contributed by atoms with Gasteiger partial charge in [0.15, 0.2) is 5.69 Å². The average molecular weight is 314 g/mol. The van der Waals surface area contributed by atoms with Crippen LogP contribution in [0.15, 0.2) is 28.9 Å². The topological polar surface area (TPSA) is 81.1 Å². The lowest BCUT2D eigenvalue weighted by Gasteiger charge is -2.04. The van der Waals surface area contributed by atoms with Gasteiger partial charge in [-0.15, -0.1) is 0 Å². The first-order valence-corrected chi connectivity index (χ1v) is 5.77. The molecule has 1 aromatic carbocycles. The number of carboxylic acid groups (broad SMARTS) is 1. The third-order valence-electron chi connectivity index (χ3n) is 2.33. The quantitative estimate of drug-likeness (QED) is 0.909. The van der Waals surface area contributed by atoms with Crippen molar-refractivity contribution < 1.29 is 14.3 Å². The van der Waals surface area contributed by atoms with Gasteiger partial charge in [0.1, 0.15) is 5.82 Å². The van der Waals surface area contributed by atoms with Crippen LogP contribution in [0.1, 0.15) is 16.1 Å². The molecule has 0 saturated carbocycles. The number of carboxylic acids is 1. The van der Waals surface area contributed by atoms with Crippen LogP contribution in [-0.2, 0) is 6.54 Å². The van der Waals surface area contributed by atoms with Gasteiger partial charge in [-0.2, -0.15) is 5.10 Å². The SMILES string of the molecule is Nc1cn(Cc2cc(Br)ccc2F)nc1C(=O)O. The molecule has 0 unspecified atom stereocenters. The largest absolute Gasteiger partial charge is 0.476 e. The molecule has 94 valence electrons. The third-order valence-corrected chi connectivity index (χ3v) is 2.83. The maximum absolute atomic E-state index is 13.5. The average Bonchev–Trinajstić information content (AvgIpc) is 2.65. The van der Waals surface area contributed by atoms with Crippen molar-refractivity contribution in [2.75, 3.05) is 5.73 Å². The molecular formula is C11H9BrFN3O2. The minimum atomic E-state index is -1.21. The smallest absolute Gasteiger partial charge is 0.358 e. The van der Waals surface area contributed by atoms with Crippen LogP contribution in [0.4, 0.5) is 10.1 Å². The molecule has 0 atom stereocenters. The highest BCUT2D eigenvalue weighted by Crippen LogP contribution is 2.17. The van der Waals surface area contributed by atoms with Gasteiger partial charge in [0, 0.05) is 16.2 Å². The van der Waals surface area contributed by atoms with Crippen LogP contribution in [0.5, 0.6) is 0 Å². The molecule has 0 radical (unpaired) electrons. The number of aromatic carboxylic acids is 1. The minimum absolute atomic E-state index is 0.0536. The van der Waals surface area contributed by atoms with E-state index in [1.807, 2.05) is 0 Å². The van der Waals surface area contributed by atoms with E-state index >= 15 is 0 Å². The summed E-state index contributed by atoms with van der Waals surface area (Å²) in [6, 6.07) is 4.51. The van der Waals surface area contributed by atoms with Crippen LogP contribution >= 0.6 is 15.9 Å². The molecular weight excluding hydrogens is 305 g/mol. The molecule has 7 heteroatoms. The maximum Gasteiger partial charge on any atom is 0.358 e. The van der Waals surface area contributed by atoms with Crippen molar-refractivity contribution in [3.63, 3.8) is 0 Å². The van der Waals surface area contributed by atoms with Crippen LogP contribution < -0.4 is 5.73 Å². The predicted octanol–water partition coefficient (Wildman–Crippen LogP) is 2.11. The van der Waals surface area contributed by atoms with Gasteiger partial charge in [-0.25, -0.2) is 9.18 Å². The second kappa shape index (κ2) is 4.77. The molecule has 2 aromatic rings. The first-order valence-electron chi connectivity index (χ1n) is 4.97. The predicted molar refractivity (Wildman–Crippen MR) is 66.8 cm³/mol. The van der Waals surface area contributed by atoms with Gasteiger partial charge >= 0.3 is 5.97 Å². The van der Waals surface area contributed by atoms with Crippen LogP contribution in [0, 0.1) is 5.82 Å². The molecule has 0 saturated heterocycles. The number of benzene rings is 1. The van der Waals surface area contributed by atoms with Gasteiger partial charge in [0.2, 0.25) is 0 Å². The Morgan fingerprint density at radius 1 is 1.56 bits per heavy atom. The molecule has 0 aliphatic rings. The number of nitrogens with zero attached hydrogens (tertiary/aromatic N) is 2. The Balaban J connectivity index is 2.31.